The Hall–Kier alpha value is -2.90. The molecule has 0 unspecified atom stereocenters. The van der Waals surface area contributed by atoms with E-state index in [2.05, 4.69) is 44.0 Å². The Kier molecular flexibility index (Phi) is 2.87. The highest BCUT2D eigenvalue weighted by molar-refractivity contribution is 5.88. The summed E-state index contributed by atoms with van der Waals surface area (Å²) in [6.07, 6.45) is 3.38. The molecule has 4 aromatic heterocycles. The van der Waals surface area contributed by atoms with Crippen LogP contribution in [-0.4, -0.2) is 39.3 Å². The normalized spacial score (nSPS) is 11.9. The Labute approximate surface area is 132 Å². The zero-order valence-corrected chi connectivity index (χ0v) is 13.4. The Morgan fingerprint density at radius 3 is 2.43 bits per heavy atom. The maximum Gasteiger partial charge on any atom is 0.252 e. The van der Waals surface area contributed by atoms with Crippen molar-refractivity contribution in [3.63, 3.8) is 0 Å². The van der Waals surface area contributed by atoms with E-state index in [9.17, 15) is 0 Å². The zero-order valence-electron chi connectivity index (χ0n) is 13.4. The molecule has 23 heavy (non-hydrogen) atoms. The lowest BCUT2D eigenvalue weighted by atomic mass is 10.2. The van der Waals surface area contributed by atoms with Crippen molar-refractivity contribution in [1.29, 1.82) is 0 Å². The third kappa shape index (κ3) is 2.14. The summed E-state index contributed by atoms with van der Waals surface area (Å²) in [5.41, 5.74) is 3.20. The minimum Gasteiger partial charge on any atom is -0.216 e. The molecular formula is C15H16N8. The highest BCUT2D eigenvalue weighted by atomic mass is 15.4. The van der Waals surface area contributed by atoms with Gasteiger partial charge in [0.15, 0.2) is 17.1 Å². The van der Waals surface area contributed by atoms with Crippen molar-refractivity contribution in [1.82, 2.24) is 39.3 Å². The van der Waals surface area contributed by atoms with Gasteiger partial charge in [0.25, 0.3) is 5.95 Å². The summed E-state index contributed by atoms with van der Waals surface area (Å²) in [7, 11) is 0. The van der Waals surface area contributed by atoms with Crippen LogP contribution in [0, 0.1) is 13.8 Å². The van der Waals surface area contributed by atoms with Crippen LogP contribution in [0.1, 0.15) is 37.0 Å². The average molecular weight is 308 g/mol. The Bertz CT molecular complexity index is 1010. The highest BCUT2D eigenvalue weighted by Gasteiger charge is 2.16. The molecule has 0 bridgehead atoms. The zero-order chi connectivity index (χ0) is 16.1. The molecule has 0 atom stereocenters. The third-order valence-electron chi connectivity index (χ3n) is 3.60. The minimum atomic E-state index is 0.253. The first-order valence-corrected chi connectivity index (χ1v) is 7.44. The molecule has 0 fully saturated rings. The number of hydrogen-bond donors (Lipinski definition) is 0. The van der Waals surface area contributed by atoms with E-state index in [1.165, 1.54) is 0 Å². The molecule has 0 saturated carbocycles. The standard InChI is InChI=1S/C15H16N8/c1-8(2)12-20-14-11-6-17-23(13(11)16-7-22(14)21-12)15-18-9(3)5-10(4)19-15/h5-8H,1-4H3. The summed E-state index contributed by atoms with van der Waals surface area (Å²) in [6.45, 7) is 7.99. The fourth-order valence-corrected chi connectivity index (χ4v) is 2.53. The lowest BCUT2D eigenvalue weighted by molar-refractivity contribution is 0.760. The number of hydrogen-bond acceptors (Lipinski definition) is 6. The van der Waals surface area contributed by atoms with E-state index in [1.807, 2.05) is 19.9 Å². The van der Waals surface area contributed by atoms with E-state index in [-0.39, 0.29) is 5.92 Å². The summed E-state index contributed by atoms with van der Waals surface area (Å²) < 4.78 is 3.32. The van der Waals surface area contributed by atoms with Crippen LogP contribution in [0.2, 0.25) is 0 Å². The van der Waals surface area contributed by atoms with Gasteiger partial charge in [0.2, 0.25) is 0 Å². The van der Waals surface area contributed by atoms with Crippen LogP contribution in [0.3, 0.4) is 0 Å². The van der Waals surface area contributed by atoms with E-state index in [4.69, 9.17) is 0 Å². The monoisotopic (exact) mass is 308 g/mol. The van der Waals surface area contributed by atoms with Gasteiger partial charge in [0, 0.05) is 17.3 Å². The smallest absolute Gasteiger partial charge is 0.216 e. The molecule has 0 spiro atoms. The van der Waals surface area contributed by atoms with Crippen LogP contribution in [0.5, 0.6) is 0 Å². The molecule has 0 radical (unpaired) electrons. The van der Waals surface area contributed by atoms with Gasteiger partial charge in [-0.05, 0) is 19.9 Å². The van der Waals surface area contributed by atoms with Gasteiger partial charge in [-0.3, -0.25) is 0 Å². The first kappa shape index (κ1) is 13.7. The molecule has 8 heteroatoms. The fraction of sp³-hybridized carbons (Fsp3) is 0.333. The quantitative estimate of drug-likeness (QED) is 0.563. The van der Waals surface area contributed by atoms with Crippen molar-refractivity contribution in [2.75, 3.05) is 0 Å². The van der Waals surface area contributed by atoms with E-state index in [0.717, 1.165) is 28.2 Å². The molecular weight excluding hydrogens is 292 g/mol. The van der Waals surface area contributed by atoms with Crippen LogP contribution in [0.25, 0.3) is 22.6 Å². The summed E-state index contributed by atoms with van der Waals surface area (Å²) in [5.74, 6) is 1.55. The second-order valence-corrected chi connectivity index (χ2v) is 5.88. The number of nitrogens with zero attached hydrogens (tertiary/aromatic N) is 8. The topological polar surface area (TPSA) is 86.7 Å². The summed E-state index contributed by atoms with van der Waals surface area (Å²) >= 11 is 0. The van der Waals surface area contributed by atoms with Crippen molar-refractivity contribution < 1.29 is 0 Å². The van der Waals surface area contributed by atoms with Gasteiger partial charge in [-0.25, -0.2) is 24.5 Å². The largest absolute Gasteiger partial charge is 0.252 e. The van der Waals surface area contributed by atoms with Crippen LogP contribution in [0.15, 0.2) is 18.6 Å². The maximum absolute atomic E-state index is 4.60. The molecule has 0 aliphatic carbocycles. The van der Waals surface area contributed by atoms with E-state index in [1.54, 1.807) is 21.7 Å². The van der Waals surface area contributed by atoms with E-state index >= 15 is 0 Å². The molecule has 4 rings (SSSR count). The summed E-state index contributed by atoms with van der Waals surface area (Å²) in [6, 6.07) is 1.92. The second-order valence-electron chi connectivity index (χ2n) is 5.88. The SMILES string of the molecule is Cc1cc(C)nc(-n2ncc3c2ncn2nc(C(C)C)nc32)n1. The second kappa shape index (κ2) is 4.80. The van der Waals surface area contributed by atoms with Gasteiger partial charge in [-0.1, -0.05) is 13.8 Å². The molecule has 0 saturated heterocycles. The van der Waals surface area contributed by atoms with Gasteiger partial charge in [0.1, 0.15) is 6.33 Å². The predicted octanol–water partition coefficient (Wildman–Crippen LogP) is 1.99. The van der Waals surface area contributed by atoms with E-state index < -0.39 is 0 Å². The molecule has 4 heterocycles. The third-order valence-corrected chi connectivity index (χ3v) is 3.60. The lowest BCUT2D eigenvalue weighted by Crippen LogP contribution is -2.06. The van der Waals surface area contributed by atoms with Crippen molar-refractivity contribution >= 4 is 16.7 Å². The molecule has 0 aliphatic rings. The number of aromatic nitrogens is 8. The van der Waals surface area contributed by atoms with Crippen LogP contribution >= 0.6 is 0 Å². The summed E-state index contributed by atoms with van der Waals surface area (Å²) in [4.78, 5) is 18.0. The van der Waals surface area contributed by atoms with Crippen LogP contribution < -0.4 is 0 Å². The lowest BCUT2D eigenvalue weighted by Gasteiger charge is -2.03. The first-order chi connectivity index (χ1) is 11.0. The van der Waals surface area contributed by atoms with Gasteiger partial charge in [0.05, 0.1) is 11.6 Å². The van der Waals surface area contributed by atoms with Gasteiger partial charge in [-0.2, -0.15) is 9.78 Å². The Morgan fingerprint density at radius 2 is 1.74 bits per heavy atom. The minimum absolute atomic E-state index is 0.253. The highest BCUT2D eigenvalue weighted by Crippen LogP contribution is 2.20. The van der Waals surface area contributed by atoms with Gasteiger partial charge in [-0.15, -0.1) is 5.10 Å². The van der Waals surface area contributed by atoms with Crippen molar-refractivity contribution in [2.45, 2.75) is 33.6 Å². The molecule has 0 aliphatic heterocycles. The Balaban J connectivity index is 1.97. The van der Waals surface area contributed by atoms with Gasteiger partial charge >= 0.3 is 0 Å². The Morgan fingerprint density at radius 1 is 1.00 bits per heavy atom. The molecule has 0 N–H and O–H groups in total. The molecule has 116 valence electrons. The molecule has 4 aromatic rings. The maximum atomic E-state index is 4.60. The summed E-state index contributed by atoms with van der Waals surface area (Å²) in [5, 5.41) is 9.68. The molecule has 0 amide bonds. The van der Waals surface area contributed by atoms with E-state index in [0.29, 0.717) is 11.6 Å². The average Bonchev–Trinajstić information content (AvgIpc) is 3.09. The number of rotatable bonds is 2. The molecule has 0 aromatic carbocycles. The fourth-order valence-electron chi connectivity index (χ4n) is 2.53. The number of aryl methyl sites for hydroxylation is 2. The van der Waals surface area contributed by atoms with Crippen LogP contribution in [0.4, 0.5) is 0 Å². The molecule has 8 nitrogen and oxygen atoms in total. The van der Waals surface area contributed by atoms with Crippen molar-refractivity contribution in [2.24, 2.45) is 0 Å². The van der Waals surface area contributed by atoms with Crippen LogP contribution in [-0.2, 0) is 0 Å². The van der Waals surface area contributed by atoms with Gasteiger partial charge < -0.3 is 0 Å². The predicted molar refractivity (Wildman–Crippen MR) is 84.6 cm³/mol. The first-order valence-electron chi connectivity index (χ1n) is 7.44. The number of fused-ring (bicyclic) bond motifs is 3. The van der Waals surface area contributed by atoms with Crippen molar-refractivity contribution in [3.05, 3.63) is 35.8 Å². The van der Waals surface area contributed by atoms with Crippen molar-refractivity contribution in [3.8, 4) is 5.95 Å².